The average Bonchev–Trinajstić information content (AvgIpc) is 3.86. The van der Waals surface area contributed by atoms with Crippen LogP contribution in [0, 0.1) is 11.8 Å². The molecular weight excluding hydrogens is 564 g/mol. The molecule has 3 atom stereocenters. The smallest absolute Gasteiger partial charge is 0.137 e. The second kappa shape index (κ2) is 10.4. The first-order valence-electron chi connectivity index (χ1n) is 16.8. The molecule has 3 aliphatic rings. The second-order valence-electron chi connectivity index (χ2n) is 14.6. The largest absolute Gasteiger partial charge is 0.457 e. The van der Waals surface area contributed by atoms with Gasteiger partial charge >= 0.3 is 0 Å². The molecule has 1 aliphatic heterocycles. The molecule has 9 rings (SSSR count). The maximum atomic E-state index is 6.63. The molecular formula is C41H40N4O. The minimum absolute atomic E-state index is 0.0271. The number of anilines is 3. The minimum Gasteiger partial charge on any atom is -0.457 e. The van der Waals surface area contributed by atoms with E-state index in [-0.39, 0.29) is 5.41 Å². The number of fused-ring (bicyclic) bond motifs is 6. The summed E-state index contributed by atoms with van der Waals surface area (Å²) >= 11 is 0. The van der Waals surface area contributed by atoms with Crippen LogP contribution in [-0.4, -0.2) is 22.3 Å². The lowest BCUT2D eigenvalue weighted by Gasteiger charge is -2.33. The summed E-state index contributed by atoms with van der Waals surface area (Å²) < 4.78 is 8.90. The summed E-state index contributed by atoms with van der Waals surface area (Å²) in [7, 11) is 0. The van der Waals surface area contributed by atoms with Gasteiger partial charge in [-0.25, -0.2) is 4.98 Å². The number of aromatic nitrogens is 2. The summed E-state index contributed by atoms with van der Waals surface area (Å²) in [5.74, 6) is 4.33. The third kappa shape index (κ3) is 4.47. The Hall–Kier alpha value is -4.77. The first-order chi connectivity index (χ1) is 22.4. The number of hydrogen-bond acceptors (Lipinski definition) is 4. The van der Waals surface area contributed by atoms with Crippen molar-refractivity contribution in [2.75, 3.05) is 16.5 Å². The van der Waals surface area contributed by atoms with Crippen LogP contribution >= 0.6 is 0 Å². The Labute approximate surface area is 271 Å². The van der Waals surface area contributed by atoms with E-state index in [2.05, 4.69) is 138 Å². The van der Waals surface area contributed by atoms with E-state index in [4.69, 9.17) is 9.72 Å². The van der Waals surface area contributed by atoms with E-state index in [9.17, 15) is 0 Å². The van der Waals surface area contributed by atoms with Gasteiger partial charge in [0.05, 0.1) is 29.1 Å². The van der Waals surface area contributed by atoms with E-state index in [1.165, 1.54) is 53.4 Å². The Morgan fingerprint density at radius 2 is 1.52 bits per heavy atom. The summed E-state index contributed by atoms with van der Waals surface area (Å²) in [4.78, 5) is 9.99. The Kier molecular flexibility index (Phi) is 6.21. The molecule has 3 unspecified atom stereocenters. The lowest BCUT2D eigenvalue weighted by Crippen LogP contribution is -2.40. The highest BCUT2D eigenvalue weighted by Crippen LogP contribution is 2.51. The highest BCUT2D eigenvalue weighted by Gasteiger charge is 2.45. The molecule has 3 heterocycles. The van der Waals surface area contributed by atoms with Gasteiger partial charge in [-0.05, 0) is 96.7 Å². The highest BCUT2D eigenvalue weighted by atomic mass is 16.5. The van der Waals surface area contributed by atoms with Crippen LogP contribution in [0.2, 0.25) is 0 Å². The molecule has 0 N–H and O–H groups in total. The van der Waals surface area contributed by atoms with E-state index < -0.39 is 0 Å². The summed E-state index contributed by atoms with van der Waals surface area (Å²) in [5, 5.41) is 2.40. The van der Waals surface area contributed by atoms with Crippen LogP contribution in [0.15, 0.2) is 109 Å². The number of benzene rings is 4. The van der Waals surface area contributed by atoms with Crippen LogP contribution in [-0.2, 0) is 5.41 Å². The molecule has 2 saturated carbocycles. The molecule has 4 aromatic carbocycles. The molecule has 2 bridgehead atoms. The van der Waals surface area contributed by atoms with Gasteiger partial charge in [0.25, 0.3) is 0 Å². The number of ether oxygens (including phenoxy) is 1. The maximum absolute atomic E-state index is 6.63. The normalized spacial score (nSPS) is 20.6. The third-order valence-electron chi connectivity index (χ3n) is 10.7. The standard InChI is InChI=1S/C41H40N4O/c1-41(2,3)29-19-20-42-40(23-29)45-35-12-5-4-11-33(35)34-18-17-32(25-39(34)45)46-31-10-8-9-30(24-31)43-26-44(37-14-7-6-13-36(37)43)38-22-27-15-16-28(38)21-27/h4-14,17-20,23-25,27-28,38H,15-16,21-22,26H2,1-3H3. The van der Waals surface area contributed by atoms with E-state index in [0.717, 1.165) is 52.5 Å². The molecule has 230 valence electrons. The van der Waals surface area contributed by atoms with Crippen molar-refractivity contribution in [2.45, 2.75) is 57.9 Å². The topological polar surface area (TPSA) is 33.5 Å². The van der Waals surface area contributed by atoms with Crippen molar-refractivity contribution in [2.24, 2.45) is 11.8 Å². The molecule has 46 heavy (non-hydrogen) atoms. The van der Waals surface area contributed by atoms with Crippen molar-refractivity contribution < 1.29 is 4.74 Å². The van der Waals surface area contributed by atoms with E-state index in [1.807, 2.05) is 6.20 Å². The number of rotatable bonds is 5. The molecule has 0 radical (unpaired) electrons. The van der Waals surface area contributed by atoms with Crippen molar-refractivity contribution in [1.82, 2.24) is 9.55 Å². The predicted molar refractivity (Wildman–Crippen MR) is 189 cm³/mol. The summed E-state index contributed by atoms with van der Waals surface area (Å²) in [6.45, 7) is 7.63. The van der Waals surface area contributed by atoms with Crippen LogP contribution in [0.1, 0.15) is 52.0 Å². The molecule has 0 spiro atoms. The monoisotopic (exact) mass is 604 g/mol. The van der Waals surface area contributed by atoms with Gasteiger partial charge in [-0.2, -0.15) is 0 Å². The van der Waals surface area contributed by atoms with E-state index >= 15 is 0 Å². The Bertz CT molecular complexity index is 2110. The molecule has 2 aromatic heterocycles. The van der Waals surface area contributed by atoms with Crippen molar-refractivity contribution in [3.8, 4) is 17.3 Å². The third-order valence-corrected chi connectivity index (χ3v) is 10.7. The Morgan fingerprint density at radius 1 is 0.717 bits per heavy atom. The van der Waals surface area contributed by atoms with E-state index in [0.29, 0.717) is 6.04 Å². The molecule has 2 aliphatic carbocycles. The van der Waals surface area contributed by atoms with Crippen LogP contribution in [0.5, 0.6) is 11.5 Å². The fraction of sp³-hybridized carbons (Fsp3) is 0.293. The molecule has 6 aromatic rings. The zero-order chi connectivity index (χ0) is 31.0. The van der Waals surface area contributed by atoms with Gasteiger partial charge in [0, 0.05) is 40.8 Å². The van der Waals surface area contributed by atoms with Gasteiger partial charge in [0.1, 0.15) is 17.3 Å². The first kappa shape index (κ1) is 27.5. The summed E-state index contributed by atoms with van der Waals surface area (Å²) in [6.07, 6.45) is 7.49. The van der Waals surface area contributed by atoms with Gasteiger partial charge < -0.3 is 14.5 Å². The highest BCUT2D eigenvalue weighted by molar-refractivity contribution is 6.09. The predicted octanol–water partition coefficient (Wildman–Crippen LogP) is 10.4. The quantitative estimate of drug-likeness (QED) is 0.196. The van der Waals surface area contributed by atoms with Gasteiger partial charge in [0.2, 0.25) is 0 Å². The van der Waals surface area contributed by atoms with Crippen molar-refractivity contribution >= 4 is 38.9 Å². The van der Waals surface area contributed by atoms with Gasteiger partial charge in [-0.1, -0.05) is 63.6 Å². The van der Waals surface area contributed by atoms with Gasteiger partial charge in [-0.3, -0.25) is 4.57 Å². The maximum Gasteiger partial charge on any atom is 0.137 e. The SMILES string of the molecule is CC(C)(C)c1ccnc(-n2c3ccccc3c3ccc(Oc4cccc(N5CN(C6CC7CCC6C7)c6ccccc65)c4)cc32)c1. The lowest BCUT2D eigenvalue weighted by atomic mass is 9.88. The van der Waals surface area contributed by atoms with Gasteiger partial charge in [-0.15, -0.1) is 0 Å². The zero-order valence-electron chi connectivity index (χ0n) is 26.9. The second-order valence-corrected chi connectivity index (χ2v) is 14.6. The molecule has 5 heteroatoms. The Balaban J connectivity index is 1.07. The van der Waals surface area contributed by atoms with Crippen molar-refractivity contribution in [3.63, 3.8) is 0 Å². The minimum atomic E-state index is 0.0271. The number of hydrogen-bond donors (Lipinski definition) is 0. The fourth-order valence-electron chi connectivity index (χ4n) is 8.46. The summed E-state index contributed by atoms with van der Waals surface area (Å²) in [6, 6.07) is 37.5. The van der Waals surface area contributed by atoms with Crippen LogP contribution < -0.4 is 14.5 Å². The zero-order valence-corrected chi connectivity index (χ0v) is 26.9. The molecule has 5 nitrogen and oxygen atoms in total. The average molecular weight is 605 g/mol. The Morgan fingerprint density at radius 3 is 2.35 bits per heavy atom. The first-order valence-corrected chi connectivity index (χ1v) is 16.8. The number of nitrogens with zero attached hydrogens (tertiary/aromatic N) is 4. The van der Waals surface area contributed by atoms with Crippen LogP contribution in [0.4, 0.5) is 17.1 Å². The van der Waals surface area contributed by atoms with Crippen molar-refractivity contribution in [1.29, 1.82) is 0 Å². The number of pyridine rings is 1. The van der Waals surface area contributed by atoms with Gasteiger partial charge in [0.15, 0.2) is 0 Å². The molecule has 0 amide bonds. The van der Waals surface area contributed by atoms with Crippen LogP contribution in [0.25, 0.3) is 27.6 Å². The lowest BCUT2D eigenvalue weighted by molar-refractivity contribution is 0.398. The fourth-order valence-corrected chi connectivity index (χ4v) is 8.46. The van der Waals surface area contributed by atoms with Crippen molar-refractivity contribution in [3.05, 3.63) is 115 Å². The number of para-hydroxylation sites is 3. The molecule has 2 fully saturated rings. The van der Waals surface area contributed by atoms with Crippen LogP contribution in [0.3, 0.4) is 0 Å². The van der Waals surface area contributed by atoms with E-state index in [1.54, 1.807) is 0 Å². The molecule has 0 saturated heterocycles. The summed E-state index contributed by atoms with van der Waals surface area (Å²) in [5.41, 5.74) is 7.34.